The maximum absolute atomic E-state index is 12.8. The minimum atomic E-state index is 0.00370. The molecule has 2 heterocycles. The van der Waals surface area contributed by atoms with E-state index in [4.69, 9.17) is 4.42 Å². The molecule has 21 heavy (non-hydrogen) atoms. The molecule has 5 heteroatoms. The van der Waals surface area contributed by atoms with E-state index in [0.29, 0.717) is 5.82 Å². The van der Waals surface area contributed by atoms with Crippen LogP contribution in [0.5, 0.6) is 0 Å². The SMILES string of the molecule is CC(C)N(C(=O)C1CC1c1ccco1)c1ccc(Br)cn1. The Hall–Kier alpha value is -1.62. The van der Waals surface area contributed by atoms with Crippen molar-refractivity contribution in [3.63, 3.8) is 0 Å². The van der Waals surface area contributed by atoms with Gasteiger partial charge in [-0.25, -0.2) is 4.98 Å². The van der Waals surface area contributed by atoms with Gasteiger partial charge in [-0.2, -0.15) is 0 Å². The van der Waals surface area contributed by atoms with Crippen LogP contribution in [-0.2, 0) is 4.79 Å². The second-order valence-corrected chi connectivity index (χ2v) is 6.52. The van der Waals surface area contributed by atoms with Crippen LogP contribution in [0.25, 0.3) is 0 Å². The molecule has 2 atom stereocenters. The summed E-state index contributed by atoms with van der Waals surface area (Å²) in [5.74, 6) is 1.94. The second-order valence-electron chi connectivity index (χ2n) is 5.60. The number of hydrogen-bond donors (Lipinski definition) is 0. The average molecular weight is 349 g/mol. The highest BCUT2D eigenvalue weighted by atomic mass is 79.9. The van der Waals surface area contributed by atoms with E-state index in [2.05, 4.69) is 20.9 Å². The molecule has 0 radical (unpaired) electrons. The van der Waals surface area contributed by atoms with Gasteiger partial charge in [0.2, 0.25) is 5.91 Å². The Morgan fingerprint density at radius 1 is 1.43 bits per heavy atom. The first-order chi connectivity index (χ1) is 10.1. The molecule has 2 unspecified atom stereocenters. The number of aromatic nitrogens is 1. The van der Waals surface area contributed by atoms with Gasteiger partial charge in [-0.05, 0) is 60.5 Å². The van der Waals surface area contributed by atoms with Crippen LogP contribution in [0.3, 0.4) is 0 Å². The van der Waals surface area contributed by atoms with Crippen LogP contribution in [0, 0.1) is 5.92 Å². The molecular formula is C16H17BrN2O2. The summed E-state index contributed by atoms with van der Waals surface area (Å²) in [4.78, 5) is 18.9. The number of hydrogen-bond acceptors (Lipinski definition) is 3. The van der Waals surface area contributed by atoms with Gasteiger partial charge < -0.3 is 4.42 Å². The molecular weight excluding hydrogens is 332 g/mol. The van der Waals surface area contributed by atoms with Crippen molar-refractivity contribution in [2.75, 3.05) is 4.90 Å². The minimum Gasteiger partial charge on any atom is -0.469 e. The molecule has 0 spiro atoms. The quantitative estimate of drug-likeness (QED) is 0.839. The fraction of sp³-hybridized carbons (Fsp3) is 0.375. The van der Waals surface area contributed by atoms with Crippen LogP contribution in [0.4, 0.5) is 5.82 Å². The fourth-order valence-electron chi connectivity index (χ4n) is 2.61. The zero-order valence-electron chi connectivity index (χ0n) is 12.0. The van der Waals surface area contributed by atoms with E-state index in [-0.39, 0.29) is 23.8 Å². The summed E-state index contributed by atoms with van der Waals surface area (Å²) in [6.45, 7) is 4.01. The van der Waals surface area contributed by atoms with E-state index in [0.717, 1.165) is 16.7 Å². The van der Waals surface area contributed by atoms with Gasteiger partial charge in [-0.15, -0.1) is 0 Å². The minimum absolute atomic E-state index is 0.00370. The van der Waals surface area contributed by atoms with E-state index in [1.165, 1.54) is 0 Å². The summed E-state index contributed by atoms with van der Waals surface area (Å²) in [5, 5.41) is 0. The third kappa shape index (κ3) is 2.88. The molecule has 0 aromatic carbocycles. The van der Waals surface area contributed by atoms with Crippen molar-refractivity contribution in [3.8, 4) is 0 Å². The molecule has 0 N–H and O–H groups in total. The number of halogens is 1. The van der Waals surface area contributed by atoms with Crippen molar-refractivity contribution in [3.05, 3.63) is 47.0 Å². The summed E-state index contributed by atoms with van der Waals surface area (Å²) < 4.78 is 6.31. The number of rotatable bonds is 4. The predicted molar refractivity (Wildman–Crippen MR) is 84.1 cm³/mol. The van der Waals surface area contributed by atoms with Gasteiger partial charge >= 0.3 is 0 Å². The number of carbonyl (C=O) groups excluding carboxylic acids is 1. The molecule has 0 bridgehead atoms. The van der Waals surface area contributed by atoms with E-state index in [9.17, 15) is 4.79 Å². The number of nitrogens with zero attached hydrogens (tertiary/aromatic N) is 2. The standard InChI is InChI=1S/C16H17BrN2O2/c1-10(2)19(15-6-5-11(17)9-18-15)16(20)13-8-12(13)14-4-3-7-21-14/h3-7,9-10,12-13H,8H2,1-2H3. The molecule has 1 fully saturated rings. The Morgan fingerprint density at radius 2 is 2.24 bits per heavy atom. The topological polar surface area (TPSA) is 46.3 Å². The van der Waals surface area contributed by atoms with Gasteiger partial charge in [0.05, 0.1) is 6.26 Å². The molecule has 2 aromatic rings. The van der Waals surface area contributed by atoms with E-state index >= 15 is 0 Å². The third-order valence-corrected chi connectivity index (χ3v) is 4.20. The van der Waals surface area contributed by atoms with Crippen molar-refractivity contribution in [1.82, 2.24) is 4.98 Å². The van der Waals surface area contributed by atoms with Gasteiger partial charge in [0.15, 0.2) is 0 Å². The molecule has 0 aliphatic heterocycles. The van der Waals surface area contributed by atoms with E-state index in [1.54, 1.807) is 17.4 Å². The Balaban J connectivity index is 1.79. The van der Waals surface area contributed by atoms with Crippen LogP contribution in [-0.4, -0.2) is 16.9 Å². The van der Waals surface area contributed by atoms with Crippen LogP contribution in [0.15, 0.2) is 45.6 Å². The Labute approximate surface area is 132 Å². The fourth-order valence-corrected chi connectivity index (χ4v) is 2.84. The Kier molecular flexibility index (Phi) is 3.85. The lowest BCUT2D eigenvalue weighted by Gasteiger charge is -2.26. The highest BCUT2D eigenvalue weighted by molar-refractivity contribution is 9.10. The van der Waals surface area contributed by atoms with Gasteiger partial charge in [0.25, 0.3) is 0 Å². The predicted octanol–water partition coefficient (Wildman–Crippen LogP) is 3.98. The summed E-state index contributed by atoms with van der Waals surface area (Å²) in [6.07, 6.45) is 4.23. The maximum atomic E-state index is 12.8. The molecule has 1 saturated carbocycles. The summed E-state index contributed by atoms with van der Waals surface area (Å²) in [6, 6.07) is 7.65. The normalized spacial score (nSPS) is 20.6. The highest BCUT2D eigenvalue weighted by Crippen LogP contribution is 2.49. The molecule has 3 rings (SSSR count). The van der Waals surface area contributed by atoms with Gasteiger partial charge in [0.1, 0.15) is 11.6 Å². The lowest BCUT2D eigenvalue weighted by atomic mass is 10.2. The van der Waals surface area contributed by atoms with Crippen molar-refractivity contribution in [2.45, 2.75) is 32.2 Å². The lowest BCUT2D eigenvalue weighted by Crippen LogP contribution is -2.39. The molecule has 1 aliphatic rings. The van der Waals surface area contributed by atoms with Crippen molar-refractivity contribution < 1.29 is 9.21 Å². The molecule has 1 aliphatic carbocycles. The summed E-state index contributed by atoms with van der Waals surface area (Å²) in [5.41, 5.74) is 0. The van der Waals surface area contributed by atoms with Crippen LogP contribution < -0.4 is 4.90 Å². The molecule has 0 saturated heterocycles. The van der Waals surface area contributed by atoms with Crippen molar-refractivity contribution >= 4 is 27.7 Å². The highest BCUT2D eigenvalue weighted by Gasteiger charge is 2.48. The molecule has 2 aromatic heterocycles. The zero-order valence-corrected chi connectivity index (χ0v) is 13.6. The molecule has 1 amide bonds. The number of pyridine rings is 1. The number of carbonyl (C=O) groups is 1. The second kappa shape index (κ2) is 5.64. The van der Waals surface area contributed by atoms with Crippen molar-refractivity contribution in [2.24, 2.45) is 5.92 Å². The largest absolute Gasteiger partial charge is 0.469 e. The number of amides is 1. The summed E-state index contributed by atoms with van der Waals surface area (Å²) in [7, 11) is 0. The van der Waals surface area contributed by atoms with Gasteiger partial charge in [0, 0.05) is 28.5 Å². The first-order valence-corrected chi connectivity index (χ1v) is 7.85. The van der Waals surface area contributed by atoms with Gasteiger partial charge in [-0.3, -0.25) is 9.69 Å². The Bertz CT molecular complexity index is 622. The maximum Gasteiger partial charge on any atom is 0.232 e. The lowest BCUT2D eigenvalue weighted by molar-refractivity contribution is -0.120. The van der Waals surface area contributed by atoms with Gasteiger partial charge in [-0.1, -0.05) is 0 Å². The Morgan fingerprint density at radius 3 is 2.81 bits per heavy atom. The smallest absolute Gasteiger partial charge is 0.232 e. The van der Waals surface area contributed by atoms with E-state index in [1.807, 2.05) is 38.1 Å². The van der Waals surface area contributed by atoms with E-state index < -0.39 is 0 Å². The first-order valence-electron chi connectivity index (χ1n) is 7.06. The number of furan rings is 1. The number of anilines is 1. The molecule has 110 valence electrons. The molecule has 4 nitrogen and oxygen atoms in total. The summed E-state index contributed by atoms with van der Waals surface area (Å²) >= 11 is 3.37. The monoisotopic (exact) mass is 348 g/mol. The van der Waals surface area contributed by atoms with Crippen LogP contribution >= 0.6 is 15.9 Å². The average Bonchev–Trinajstić information content (AvgIpc) is 3.07. The first kappa shape index (κ1) is 14.3. The van der Waals surface area contributed by atoms with Crippen molar-refractivity contribution in [1.29, 1.82) is 0 Å². The van der Waals surface area contributed by atoms with Crippen LogP contribution in [0.1, 0.15) is 31.9 Å². The third-order valence-electron chi connectivity index (χ3n) is 3.73. The zero-order chi connectivity index (χ0) is 15.0. The van der Waals surface area contributed by atoms with Crippen LogP contribution in [0.2, 0.25) is 0 Å².